The second kappa shape index (κ2) is 11.2. The summed E-state index contributed by atoms with van der Waals surface area (Å²) in [5.74, 6) is -0.862. The third-order valence-electron chi connectivity index (χ3n) is 5.51. The zero-order valence-corrected chi connectivity index (χ0v) is 21.3. The van der Waals surface area contributed by atoms with Gasteiger partial charge in [-0.1, -0.05) is 48.9 Å². The Hall–Kier alpha value is -3.65. The van der Waals surface area contributed by atoms with E-state index < -0.39 is 22.5 Å². The van der Waals surface area contributed by atoms with Crippen LogP contribution in [0.4, 0.5) is 11.4 Å². The fraction of sp³-hybridized carbons (Fsp3) is 0.259. The first-order valence-electron chi connectivity index (χ1n) is 11.5. The molecule has 0 heterocycles. The van der Waals surface area contributed by atoms with Crippen molar-refractivity contribution >= 4 is 33.2 Å². The Bertz CT molecular complexity index is 1320. The van der Waals surface area contributed by atoms with Crippen molar-refractivity contribution < 1.29 is 18.0 Å². The number of hydrogen-bond acceptors (Lipinski definition) is 4. The van der Waals surface area contributed by atoms with Crippen LogP contribution >= 0.6 is 0 Å². The topological polar surface area (TPSA) is 95.6 Å². The number of rotatable bonds is 9. The van der Waals surface area contributed by atoms with Crippen LogP contribution in [-0.2, 0) is 14.8 Å². The van der Waals surface area contributed by atoms with Gasteiger partial charge in [-0.15, -0.1) is 0 Å². The summed E-state index contributed by atoms with van der Waals surface area (Å²) in [5.41, 5.74) is 3.58. The molecule has 0 saturated carbocycles. The van der Waals surface area contributed by atoms with Crippen LogP contribution in [0.5, 0.6) is 0 Å². The first-order chi connectivity index (χ1) is 16.6. The lowest BCUT2D eigenvalue weighted by molar-refractivity contribution is -0.114. The van der Waals surface area contributed by atoms with Gasteiger partial charge < -0.3 is 10.6 Å². The summed E-state index contributed by atoms with van der Waals surface area (Å²) in [6.07, 6.45) is 0.780. The normalized spacial score (nSPS) is 11.1. The Kier molecular flexibility index (Phi) is 8.30. The van der Waals surface area contributed by atoms with E-state index in [1.165, 1.54) is 12.1 Å². The molecule has 0 atom stereocenters. The summed E-state index contributed by atoms with van der Waals surface area (Å²) in [5, 5.41) is 5.53. The van der Waals surface area contributed by atoms with Gasteiger partial charge in [0.2, 0.25) is 5.91 Å². The van der Waals surface area contributed by atoms with Crippen molar-refractivity contribution in [2.75, 3.05) is 22.7 Å². The molecule has 0 aliphatic carbocycles. The maximum absolute atomic E-state index is 13.7. The number of nitrogens with zero attached hydrogens (tertiary/aromatic N) is 1. The highest BCUT2D eigenvalue weighted by atomic mass is 32.2. The highest BCUT2D eigenvalue weighted by Gasteiger charge is 2.29. The van der Waals surface area contributed by atoms with E-state index in [-0.39, 0.29) is 10.8 Å². The molecule has 0 fully saturated rings. The number of aryl methyl sites for hydroxylation is 3. The van der Waals surface area contributed by atoms with Crippen molar-refractivity contribution in [1.82, 2.24) is 5.32 Å². The molecule has 0 aliphatic rings. The van der Waals surface area contributed by atoms with Crippen molar-refractivity contribution in [2.24, 2.45) is 0 Å². The number of carbonyl (C=O) groups excluding carboxylic acids is 2. The highest BCUT2D eigenvalue weighted by Crippen LogP contribution is 2.28. The van der Waals surface area contributed by atoms with Crippen molar-refractivity contribution in [1.29, 1.82) is 0 Å². The van der Waals surface area contributed by atoms with Crippen LogP contribution in [0.25, 0.3) is 0 Å². The van der Waals surface area contributed by atoms with Gasteiger partial charge in [-0.25, -0.2) is 8.42 Å². The van der Waals surface area contributed by atoms with Gasteiger partial charge in [0.1, 0.15) is 6.54 Å². The molecule has 3 aromatic rings. The van der Waals surface area contributed by atoms with Crippen molar-refractivity contribution in [3.63, 3.8) is 0 Å². The predicted octanol–water partition coefficient (Wildman–Crippen LogP) is 4.59. The number of sulfonamides is 1. The van der Waals surface area contributed by atoms with Gasteiger partial charge in [-0.3, -0.25) is 13.9 Å². The van der Waals surface area contributed by atoms with Crippen molar-refractivity contribution in [3.05, 3.63) is 89.0 Å². The molecule has 0 saturated heterocycles. The lowest BCUT2D eigenvalue weighted by atomic mass is 10.1. The number of anilines is 2. The van der Waals surface area contributed by atoms with Crippen LogP contribution in [0.15, 0.2) is 71.6 Å². The van der Waals surface area contributed by atoms with E-state index in [1.54, 1.807) is 49.4 Å². The fourth-order valence-corrected chi connectivity index (χ4v) is 5.05. The molecule has 2 N–H and O–H groups in total. The maximum Gasteiger partial charge on any atom is 0.264 e. The number of benzene rings is 3. The van der Waals surface area contributed by atoms with Crippen LogP contribution in [0, 0.1) is 20.8 Å². The molecule has 0 unspecified atom stereocenters. The number of nitrogens with one attached hydrogen (secondary N) is 2. The molecule has 7 nitrogen and oxygen atoms in total. The summed E-state index contributed by atoms with van der Waals surface area (Å²) in [6, 6.07) is 18.6. The summed E-state index contributed by atoms with van der Waals surface area (Å²) in [4.78, 5) is 25.8. The van der Waals surface area contributed by atoms with Gasteiger partial charge in [0.05, 0.1) is 21.8 Å². The Balaban J connectivity index is 1.96. The lowest BCUT2D eigenvalue weighted by Crippen LogP contribution is -2.39. The van der Waals surface area contributed by atoms with Gasteiger partial charge in [0.15, 0.2) is 0 Å². The quantitative estimate of drug-likeness (QED) is 0.456. The predicted molar refractivity (Wildman–Crippen MR) is 139 cm³/mol. The Morgan fingerprint density at radius 3 is 2.23 bits per heavy atom. The standard InChI is InChI=1S/C27H31N3O4S/c1-5-16-28-27(32)23-8-6-7-9-24(23)29-26(31)18-30(25-17-20(3)10-13-21(25)4)35(33,34)22-14-11-19(2)12-15-22/h6-15,17H,5,16,18H2,1-4H3,(H,28,32)(H,29,31). The minimum Gasteiger partial charge on any atom is -0.352 e. The van der Waals surface area contributed by atoms with Crippen LogP contribution in [-0.4, -0.2) is 33.3 Å². The number of para-hydroxylation sites is 1. The Morgan fingerprint density at radius 1 is 0.886 bits per heavy atom. The monoisotopic (exact) mass is 493 g/mol. The molecule has 2 amide bonds. The summed E-state index contributed by atoms with van der Waals surface area (Å²) in [6.45, 7) is 7.55. The number of amides is 2. The van der Waals surface area contributed by atoms with Crippen molar-refractivity contribution in [3.8, 4) is 0 Å². The van der Waals surface area contributed by atoms with E-state index in [2.05, 4.69) is 10.6 Å². The second-order valence-corrected chi connectivity index (χ2v) is 10.3. The number of carbonyl (C=O) groups is 2. The molecule has 0 aliphatic heterocycles. The van der Waals surface area contributed by atoms with Gasteiger partial charge >= 0.3 is 0 Å². The van der Waals surface area contributed by atoms with E-state index in [0.717, 1.165) is 27.4 Å². The SMILES string of the molecule is CCCNC(=O)c1ccccc1NC(=O)CN(c1cc(C)ccc1C)S(=O)(=O)c1ccc(C)cc1. The molecule has 0 bridgehead atoms. The molecule has 3 aromatic carbocycles. The molecular weight excluding hydrogens is 462 g/mol. The molecule has 3 rings (SSSR count). The zero-order chi connectivity index (χ0) is 25.6. The van der Waals surface area contributed by atoms with Gasteiger partial charge in [0.25, 0.3) is 15.9 Å². The maximum atomic E-state index is 13.7. The van der Waals surface area contributed by atoms with E-state index in [9.17, 15) is 18.0 Å². The van der Waals surface area contributed by atoms with Gasteiger partial charge in [-0.05, 0) is 68.7 Å². The molecule has 8 heteroatoms. The molecule has 35 heavy (non-hydrogen) atoms. The third-order valence-corrected chi connectivity index (χ3v) is 7.28. The second-order valence-electron chi connectivity index (χ2n) is 8.46. The minimum absolute atomic E-state index is 0.0937. The van der Waals surface area contributed by atoms with Crippen LogP contribution in [0.1, 0.15) is 40.4 Å². The van der Waals surface area contributed by atoms with E-state index in [0.29, 0.717) is 23.5 Å². The highest BCUT2D eigenvalue weighted by molar-refractivity contribution is 7.92. The molecular formula is C27H31N3O4S. The summed E-state index contributed by atoms with van der Waals surface area (Å²) < 4.78 is 28.5. The average molecular weight is 494 g/mol. The third kappa shape index (κ3) is 6.27. The lowest BCUT2D eigenvalue weighted by Gasteiger charge is -2.26. The van der Waals surface area contributed by atoms with Crippen LogP contribution in [0.2, 0.25) is 0 Å². The Labute approximate surface area is 207 Å². The number of hydrogen-bond donors (Lipinski definition) is 2. The zero-order valence-electron chi connectivity index (χ0n) is 20.5. The average Bonchev–Trinajstić information content (AvgIpc) is 2.83. The summed E-state index contributed by atoms with van der Waals surface area (Å²) >= 11 is 0. The first-order valence-corrected chi connectivity index (χ1v) is 12.9. The largest absolute Gasteiger partial charge is 0.352 e. The van der Waals surface area contributed by atoms with E-state index >= 15 is 0 Å². The van der Waals surface area contributed by atoms with Crippen LogP contribution < -0.4 is 14.9 Å². The fourth-order valence-electron chi connectivity index (χ4n) is 3.57. The van der Waals surface area contributed by atoms with Gasteiger partial charge in [0, 0.05) is 6.54 Å². The van der Waals surface area contributed by atoms with E-state index in [4.69, 9.17) is 0 Å². The first kappa shape index (κ1) is 26.0. The van der Waals surface area contributed by atoms with Crippen LogP contribution in [0.3, 0.4) is 0 Å². The molecule has 0 spiro atoms. The molecule has 0 radical (unpaired) electrons. The smallest absolute Gasteiger partial charge is 0.264 e. The minimum atomic E-state index is -4.04. The molecule has 184 valence electrons. The Morgan fingerprint density at radius 2 is 1.54 bits per heavy atom. The molecule has 0 aromatic heterocycles. The summed E-state index contributed by atoms with van der Waals surface area (Å²) in [7, 11) is -4.04. The van der Waals surface area contributed by atoms with Gasteiger partial charge in [-0.2, -0.15) is 0 Å². The van der Waals surface area contributed by atoms with E-state index in [1.807, 2.05) is 32.9 Å². The van der Waals surface area contributed by atoms with Crippen molar-refractivity contribution in [2.45, 2.75) is 39.0 Å².